The van der Waals surface area contributed by atoms with Crippen LogP contribution in [-0.2, 0) is 9.53 Å². The van der Waals surface area contributed by atoms with Crippen LogP contribution in [0.4, 0.5) is 5.69 Å². The van der Waals surface area contributed by atoms with Crippen molar-refractivity contribution >= 4 is 51.7 Å². The number of esters is 1. The van der Waals surface area contributed by atoms with Gasteiger partial charge in [-0.25, -0.2) is 9.78 Å². The van der Waals surface area contributed by atoms with Gasteiger partial charge in [0, 0.05) is 16.0 Å². The van der Waals surface area contributed by atoms with Crippen molar-refractivity contribution in [1.82, 2.24) is 4.98 Å². The van der Waals surface area contributed by atoms with Crippen LogP contribution in [0.1, 0.15) is 10.4 Å². The third kappa shape index (κ3) is 5.25. The van der Waals surface area contributed by atoms with Crippen molar-refractivity contribution in [3.05, 3.63) is 88.4 Å². The van der Waals surface area contributed by atoms with Gasteiger partial charge >= 0.3 is 5.97 Å². The predicted octanol–water partition coefficient (Wildman–Crippen LogP) is 6.01. The topological polar surface area (TPSA) is 77.5 Å². The largest absolute Gasteiger partial charge is 0.497 e. The summed E-state index contributed by atoms with van der Waals surface area (Å²) in [7, 11) is 1.59. The number of nitrogens with zero attached hydrogens (tertiary/aromatic N) is 1. The Hall–Kier alpha value is -3.61. The molecule has 1 amide bonds. The van der Waals surface area contributed by atoms with Crippen LogP contribution in [-0.4, -0.2) is 30.6 Å². The Balaban J connectivity index is 1.56. The second kappa shape index (κ2) is 9.90. The van der Waals surface area contributed by atoms with Crippen molar-refractivity contribution in [2.24, 2.45) is 0 Å². The van der Waals surface area contributed by atoms with Gasteiger partial charge in [-0.15, -0.1) is 0 Å². The summed E-state index contributed by atoms with van der Waals surface area (Å²) in [4.78, 5) is 29.9. The number of aromatic nitrogens is 1. The molecule has 4 rings (SSSR count). The molecule has 33 heavy (non-hydrogen) atoms. The summed E-state index contributed by atoms with van der Waals surface area (Å²) < 4.78 is 10.5. The summed E-state index contributed by atoms with van der Waals surface area (Å²) in [6, 6.07) is 20.9. The molecule has 3 aromatic carbocycles. The van der Waals surface area contributed by atoms with E-state index in [1.807, 2.05) is 42.5 Å². The van der Waals surface area contributed by atoms with Crippen LogP contribution in [0.25, 0.3) is 22.2 Å². The molecule has 0 aliphatic heterocycles. The number of hydrogen-bond donors (Lipinski definition) is 1. The van der Waals surface area contributed by atoms with Gasteiger partial charge < -0.3 is 14.8 Å². The number of fused-ring (bicyclic) bond motifs is 1. The predicted molar refractivity (Wildman–Crippen MR) is 129 cm³/mol. The minimum absolute atomic E-state index is 0.306. The van der Waals surface area contributed by atoms with Gasteiger partial charge in [-0.2, -0.15) is 0 Å². The molecule has 0 radical (unpaired) electrons. The highest BCUT2D eigenvalue weighted by molar-refractivity contribution is 6.35. The highest BCUT2D eigenvalue weighted by atomic mass is 35.5. The molecule has 0 aliphatic rings. The first kappa shape index (κ1) is 22.6. The number of ether oxygens (including phenoxy) is 2. The van der Waals surface area contributed by atoms with E-state index in [4.69, 9.17) is 32.7 Å². The molecule has 0 bridgehead atoms. The lowest BCUT2D eigenvalue weighted by molar-refractivity contribution is -0.119. The van der Waals surface area contributed by atoms with E-state index >= 15 is 0 Å². The third-order valence-electron chi connectivity index (χ3n) is 4.86. The lowest BCUT2D eigenvalue weighted by atomic mass is 10.0. The Kier molecular flexibility index (Phi) is 6.77. The molecule has 0 spiro atoms. The summed E-state index contributed by atoms with van der Waals surface area (Å²) in [5.74, 6) is -0.470. The number of benzene rings is 3. The van der Waals surface area contributed by atoms with E-state index in [0.29, 0.717) is 43.6 Å². The van der Waals surface area contributed by atoms with Crippen LogP contribution in [0.15, 0.2) is 72.8 Å². The maximum atomic E-state index is 12.9. The molecule has 1 heterocycles. The molecule has 1 N–H and O–H groups in total. The Labute approximate surface area is 200 Å². The Bertz CT molecular complexity index is 1340. The number of carbonyl (C=O) groups is 2. The average molecular weight is 481 g/mol. The van der Waals surface area contributed by atoms with Crippen LogP contribution >= 0.6 is 23.2 Å². The quantitative estimate of drug-likeness (QED) is 0.341. The SMILES string of the molecule is COc1ccc(-c2cc(C(=O)OCC(=O)Nc3cc(Cl)ccc3Cl)c3ccccc3n2)cc1. The van der Waals surface area contributed by atoms with Crippen molar-refractivity contribution in [3.8, 4) is 17.0 Å². The van der Waals surface area contributed by atoms with Gasteiger partial charge in [-0.3, -0.25) is 4.79 Å². The molecule has 0 aliphatic carbocycles. The zero-order valence-electron chi connectivity index (χ0n) is 17.5. The number of halogens is 2. The van der Waals surface area contributed by atoms with E-state index in [0.717, 1.165) is 5.56 Å². The highest BCUT2D eigenvalue weighted by Gasteiger charge is 2.17. The summed E-state index contributed by atoms with van der Waals surface area (Å²) in [6.07, 6.45) is 0. The molecule has 4 aromatic rings. The minimum atomic E-state index is -0.643. The van der Waals surface area contributed by atoms with Crippen LogP contribution in [0.2, 0.25) is 10.0 Å². The molecule has 0 saturated heterocycles. The van der Waals surface area contributed by atoms with Crippen molar-refractivity contribution < 1.29 is 19.1 Å². The van der Waals surface area contributed by atoms with Crippen molar-refractivity contribution in [1.29, 1.82) is 0 Å². The number of para-hydroxylation sites is 1. The lowest BCUT2D eigenvalue weighted by Gasteiger charge is -2.11. The van der Waals surface area contributed by atoms with Gasteiger partial charge in [0.1, 0.15) is 5.75 Å². The number of amides is 1. The Morgan fingerprint density at radius 3 is 2.48 bits per heavy atom. The van der Waals surface area contributed by atoms with E-state index in [1.165, 1.54) is 6.07 Å². The maximum Gasteiger partial charge on any atom is 0.339 e. The number of methoxy groups -OCH3 is 1. The molecule has 1 aromatic heterocycles. The second-order valence-electron chi connectivity index (χ2n) is 7.05. The first-order valence-electron chi connectivity index (χ1n) is 9.91. The van der Waals surface area contributed by atoms with E-state index in [-0.39, 0.29) is 0 Å². The number of anilines is 1. The smallest absolute Gasteiger partial charge is 0.339 e. The first-order valence-corrected chi connectivity index (χ1v) is 10.7. The minimum Gasteiger partial charge on any atom is -0.497 e. The fraction of sp³-hybridized carbons (Fsp3) is 0.0800. The Morgan fingerprint density at radius 2 is 1.73 bits per heavy atom. The van der Waals surface area contributed by atoms with E-state index < -0.39 is 18.5 Å². The summed E-state index contributed by atoms with van der Waals surface area (Å²) in [5, 5.41) is 3.95. The van der Waals surface area contributed by atoms with E-state index in [9.17, 15) is 9.59 Å². The van der Waals surface area contributed by atoms with Gasteiger partial charge in [-0.05, 0) is 54.6 Å². The zero-order valence-corrected chi connectivity index (χ0v) is 19.0. The first-order chi connectivity index (χ1) is 15.9. The fourth-order valence-corrected chi connectivity index (χ4v) is 3.58. The average Bonchev–Trinajstić information content (AvgIpc) is 2.84. The number of carbonyl (C=O) groups excluding carboxylic acids is 2. The van der Waals surface area contributed by atoms with Crippen LogP contribution in [0.5, 0.6) is 5.75 Å². The van der Waals surface area contributed by atoms with Gasteiger partial charge in [0.05, 0.1) is 34.6 Å². The standard InChI is InChI=1S/C25H18Cl2N2O4/c1-32-17-9-6-15(7-10-17)22-13-19(18-4-2-3-5-21(18)28-22)25(31)33-14-24(30)29-23-12-16(26)8-11-20(23)27/h2-13H,14H2,1H3,(H,29,30). The molecule has 166 valence electrons. The van der Waals surface area contributed by atoms with Crippen LogP contribution in [0, 0.1) is 0 Å². The third-order valence-corrected chi connectivity index (χ3v) is 5.42. The van der Waals surface area contributed by atoms with Gasteiger partial charge in [-0.1, -0.05) is 41.4 Å². The van der Waals surface area contributed by atoms with E-state index in [2.05, 4.69) is 10.3 Å². The molecule has 6 nitrogen and oxygen atoms in total. The highest BCUT2D eigenvalue weighted by Crippen LogP contribution is 2.27. The summed E-state index contributed by atoms with van der Waals surface area (Å²) in [6.45, 7) is -0.490. The maximum absolute atomic E-state index is 12.9. The lowest BCUT2D eigenvalue weighted by Crippen LogP contribution is -2.21. The van der Waals surface area contributed by atoms with Crippen molar-refractivity contribution in [2.75, 3.05) is 19.0 Å². The molecule has 0 unspecified atom stereocenters. The number of pyridine rings is 1. The van der Waals surface area contributed by atoms with Crippen molar-refractivity contribution in [3.63, 3.8) is 0 Å². The molecule has 0 fully saturated rings. The monoisotopic (exact) mass is 480 g/mol. The molecule has 8 heteroatoms. The number of nitrogens with one attached hydrogen (secondary N) is 1. The normalized spacial score (nSPS) is 10.6. The second-order valence-corrected chi connectivity index (χ2v) is 7.89. The van der Waals surface area contributed by atoms with Crippen LogP contribution in [0.3, 0.4) is 0 Å². The van der Waals surface area contributed by atoms with E-state index in [1.54, 1.807) is 31.4 Å². The van der Waals surface area contributed by atoms with Crippen LogP contribution < -0.4 is 10.1 Å². The van der Waals surface area contributed by atoms with Gasteiger partial charge in [0.2, 0.25) is 0 Å². The summed E-state index contributed by atoms with van der Waals surface area (Å²) in [5.41, 5.74) is 2.68. The van der Waals surface area contributed by atoms with Gasteiger partial charge in [0.25, 0.3) is 5.91 Å². The Morgan fingerprint density at radius 1 is 0.970 bits per heavy atom. The molecular weight excluding hydrogens is 463 g/mol. The molecule has 0 atom stereocenters. The zero-order chi connectivity index (χ0) is 23.4. The number of rotatable bonds is 6. The number of hydrogen-bond acceptors (Lipinski definition) is 5. The molecule has 0 saturated carbocycles. The molecular formula is C25H18Cl2N2O4. The van der Waals surface area contributed by atoms with Crippen molar-refractivity contribution in [2.45, 2.75) is 0 Å². The summed E-state index contributed by atoms with van der Waals surface area (Å²) >= 11 is 12.0. The fourth-order valence-electron chi connectivity index (χ4n) is 3.24. The van der Waals surface area contributed by atoms with Gasteiger partial charge in [0.15, 0.2) is 6.61 Å².